The van der Waals surface area contributed by atoms with E-state index in [1.54, 1.807) is 7.11 Å². The van der Waals surface area contributed by atoms with Crippen LogP contribution < -0.4 is 4.74 Å². The standard InChI is InChI=1S/C20H26N2O3/c1-25-16-4-2-3-15(11-16)12-20(24)21-10-9-18-17(21)7-8-19(23)22(18)13-14-5-6-14/h2-4,11,14,17-18H,5-10,12-13H2,1H3/t17-,18-/m1/s1. The molecule has 1 aliphatic carbocycles. The van der Waals surface area contributed by atoms with E-state index in [0.717, 1.165) is 37.2 Å². The van der Waals surface area contributed by atoms with E-state index in [0.29, 0.717) is 18.8 Å². The zero-order valence-electron chi connectivity index (χ0n) is 14.8. The highest BCUT2D eigenvalue weighted by Gasteiger charge is 2.45. The van der Waals surface area contributed by atoms with Crippen LogP contribution in [0, 0.1) is 5.92 Å². The first-order valence-corrected chi connectivity index (χ1v) is 9.37. The van der Waals surface area contributed by atoms with Gasteiger partial charge in [0, 0.05) is 19.5 Å². The summed E-state index contributed by atoms with van der Waals surface area (Å²) in [7, 11) is 1.64. The quantitative estimate of drug-likeness (QED) is 0.825. The molecule has 25 heavy (non-hydrogen) atoms. The molecule has 0 N–H and O–H groups in total. The number of methoxy groups -OCH3 is 1. The second kappa shape index (κ2) is 6.70. The van der Waals surface area contributed by atoms with Crippen molar-refractivity contribution in [1.29, 1.82) is 0 Å². The molecule has 5 nitrogen and oxygen atoms in total. The first-order valence-electron chi connectivity index (χ1n) is 9.37. The van der Waals surface area contributed by atoms with E-state index in [1.165, 1.54) is 12.8 Å². The van der Waals surface area contributed by atoms with Crippen LogP contribution in [0.2, 0.25) is 0 Å². The van der Waals surface area contributed by atoms with Gasteiger partial charge in [-0.05, 0) is 49.3 Å². The van der Waals surface area contributed by atoms with Gasteiger partial charge in [0.05, 0.1) is 25.6 Å². The molecule has 5 heteroatoms. The molecule has 3 aliphatic rings. The van der Waals surface area contributed by atoms with Crippen molar-refractivity contribution >= 4 is 11.8 Å². The fourth-order valence-electron chi connectivity index (χ4n) is 4.33. The van der Waals surface area contributed by atoms with E-state index < -0.39 is 0 Å². The smallest absolute Gasteiger partial charge is 0.227 e. The van der Waals surface area contributed by atoms with Gasteiger partial charge in [0.25, 0.3) is 0 Å². The molecule has 1 aromatic carbocycles. The highest BCUT2D eigenvalue weighted by molar-refractivity contribution is 5.81. The minimum absolute atomic E-state index is 0.168. The molecular weight excluding hydrogens is 316 g/mol. The van der Waals surface area contributed by atoms with Gasteiger partial charge in [-0.3, -0.25) is 9.59 Å². The minimum Gasteiger partial charge on any atom is -0.497 e. The molecule has 1 saturated carbocycles. The third-order valence-electron chi connectivity index (χ3n) is 5.85. The third kappa shape index (κ3) is 3.37. The number of rotatable bonds is 5. The maximum Gasteiger partial charge on any atom is 0.227 e. The van der Waals surface area contributed by atoms with E-state index in [9.17, 15) is 9.59 Å². The zero-order chi connectivity index (χ0) is 17.4. The first kappa shape index (κ1) is 16.4. The van der Waals surface area contributed by atoms with E-state index in [2.05, 4.69) is 4.90 Å². The van der Waals surface area contributed by atoms with Crippen LogP contribution in [0.5, 0.6) is 5.75 Å². The number of carbonyl (C=O) groups excluding carboxylic acids is 2. The molecule has 0 spiro atoms. The lowest BCUT2D eigenvalue weighted by molar-refractivity contribution is -0.141. The SMILES string of the molecule is COc1cccc(CC(=O)N2CC[C@@H]3[C@H]2CCC(=O)N3CC2CC2)c1. The number of likely N-dealkylation sites (tertiary alicyclic amines) is 2. The number of fused-ring (bicyclic) bond motifs is 1. The highest BCUT2D eigenvalue weighted by Crippen LogP contribution is 2.36. The number of piperidine rings is 1. The molecule has 0 aromatic heterocycles. The number of ether oxygens (including phenoxy) is 1. The van der Waals surface area contributed by atoms with Crippen LogP contribution >= 0.6 is 0 Å². The van der Waals surface area contributed by atoms with Crippen LogP contribution in [0.4, 0.5) is 0 Å². The molecule has 2 aliphatic heterocycles. The van der Waals surface area contributed by atoms with Crippen molar-refractivity contribution in [3.05, 3.63) is 29.8 Å². The molecule has 0 radical (unpaired) electrons. The number of amides is 2. The van der Waals surface area contributed by atoms with Crippen molar-refractivity contribution in [1.82, 2.24) is 9.80 Å². The Labute approximate surface area is 148 Å². The van der Waals surface area contributed by atoms with Gasteiger partial charge in [-0.2, -0.15) is 0 Å². The first-order chi connectivity index (χ1) is 12.2. The Morgan fingerprint density at radius 3 is 2.80 bits per heavy atom. The lowest BCUT2D eigenvalue weighted by Crippen LogP contribution is -2.53. The summed E-state index contributed by atoms with van der Waals surface area (Å²) in [6.07, 6.45) is 5.22. The molecular formula is C20H26N2O3. The van der Waals surface area contributed by atoms with Crippen LogP contribution in [0.1, 0.15) is 37.7 Å². The fourth-order valence-corrected chi connectivity index (χ4v) is 4.33. The molecule has 2 amide bonds. The summed E-state index contributed by atoms with van der Waals surface area (Å²) < 4.78 is 5.25. The average molecular weight is 342 g/mol. The second-order valence-electron chi connectivity index (χ2n) is 7.57. The second-order valence-corrected chi connectivity index (χ2v) is 7.57. The Kier molecular flexibility index (Phi) is 4.40. The summed E-state index contributed by atoms with van der Waals surface area (Å²) in [5.41, 5.74) is 0.981. The van der Waals surface area contributed by atoms with Gasteiger partial charge in [-0.1, -0.05) is 12.1 Å². The lowest BCUT2D eigenvalue weighted by Gasteiger charge is -2.40. The minimum atomic E-state index is 0.168. The number of carbonyl (C=O) groups is 2. The van der Waals surface area contributed by atoms with E-state index >= 15 is 0 Å². The zero-order valence-corrected chi connectivity index (χ0v) is 14.8. The van der Waals surface area contributed by atoms with Crippen molar-refractivity contribution in [3.8, 4) is 5.75 Å². The van der Waals surface area contributed by atoms with Crippen LogP contribution in [0.25, 0.3) is 0 Å². The number of hydrogen-bond acceptors (Lipinski definition) is 3. The normalized spacial score (nSPS) is 25.9. The molecule has 4 rings (SSSR count). The molecule has 134 valence electrons. The van der Waals surface area contributed by atoms with Crippen LogP contribution in [0.3, 0.4) is 0 Å². The molecule has 2 atom stereocenters. The molecule has 2 saturated heterocycles. The van der Waals surface area contributed by atoms with Gasteiger partial charge in [-0.25, -0.2) is 0 Å². The van der Waals surface area contributed by atoms with E-state index in [-0.39, 0.29) is 23.9 Å². The van der Waals surface area contributed by atoms with Gasteiger partial charge in [0.2, 0.25) is 11.8 Å². The Morgan fingerprint density at radius 2 is 2.04 bits per heavy atom. The average Bonchev–Trinajstić information content (AvgIpc) is 3.33. The summed E-state index contributed by atoms with van der Waals surface area (Å²) in [5.74, 6) is 1.93. The Bertz CT molecular complexity index is 671. The summed E-state index contributed by atoms with van der Waals surface area (Å²) in [6.45, 7) is 1.67. The molecule has 3 fully saturated rings. The summed E-state index contributed by atoms with van der Waals surface area (Å²) in [5, 5.41) is 0. The highest BCUT2D eigenvalue weighted by atomic mass is 16.5. The summed E-state index contributed by atoms with van der Waals surface area (Å²) in [6, 6.07) is 8.14. The largest absolute Gasteiger partial charge is 0.497 e. The van der Waals surface area contributed by atoms with Crippen molar-refractivity contribution in [2.75, 3.05) is 20.2 Å². The van der Waals surface area contributed by atoms with Gasteiger partial charge in [-0.15, -0.1) is 0 Å². The maximum absolute atomic E-state index is 12.9. The Hall–Kier alpha value is -2.04. The summed E-state index contributed by atoms with van der Waals surface area (Å²) >= 11 is 0. The maximum atomic E-state index is 12.9. The van der Waals surface area contributed by atoms with E-state index in [1.807, 2.05) is 29.2 Å². The van der Waals surface area contributed by atoms with Crippen molar-refractivity contribution in [2.24, 2.45) is 5.92 Å². The Balaban J connectivity index is 1.44. The van der Waals surface area contributed by atoms with Crippen molar-refractivity contribution in [3.63, 3.8) is 0 Å². The fraction of sp³-hybridized carbons (Fsp3) is 0.600. The molecule has 1 aromatic rings. The van der Waals surface area contributed by atoms with Crippen molar-refractivity contribution < 1.29 is 14.3 Å². The monoisotopic (exact) mass is 342 g/mol. The topological polar surface area (TPSA) is 49.9 Å². The van der Waals surface area contributed by atoms with Crippen LogP contribution in [0.15, 0.2) is 24.3 Å². The molecule has 0 bridgehead atoms. The predicted octanol–water partition coefficient (Wildman–Crippen LogP) is 2.24. The molecule has 0 unspecified atom stereocenters. The molecule has 2 heterocycles. The van der Waals surface area contributed by atoms with E-state index in [4.69, 9.17) is 4.74 Å². The van der Waals surface area contributed by atoms with Gasteiger partial charge < -0.3 is 14.5 Å². The number of benzene rings is 1. The van der Waals surface area contributed by atoms with Crippen LogP contribution in [-0.2, 0) is 16.0 Å². The third-order valence-corrected chi connectivity index (χ3v) is 5.85. The predicted molar refractivity (Wildman–Crippen MR) is 94.3 cm³/mol. The lowest BCUT2D eigenvalue weighted by atomic mass is 9.95. The van der Waals surface area contributed by atoms with Crippen molar-refractivity contribution in [2.45, 2.75) is 50.6 Å². The van der Waals surface area contributed by atoms with Gasteiger partial charge in [0.15, 0.2) is 0 Å². The van der Waals surface area contributed by atoms with Gasteiger partial charge in [0.1, 0.15) is 5.75 Å². The number of nitrogens with zero attached hydrogens (tertiary/aromatic N) is 2. The van der Waals surface area contributed by atoms with Crippen LogP contribution in [-0.4, -0.2) is 53.9 Å². The van der Waals surface area contributed by atoms with Gasteiger partial charge >= 0.3 is 0 Å². The number of hydrogen-bond donors (Lipinski definition) is 0. The Morgan fingerprint density at radius 1 is 1.20 bits per heavy atom. The summed E-state index contributed by atoms with van der Waals surface area (Å²) in [4.78, 5) is 29.3.